The van der Waals surface area contributed by atoms with Crippen LogP contribution in [0, 0.1) is 5.92 Å². The number of Topliss-reactive ketones (excluding diaryl/α,β-unsaturated/α-hetero) is 1. The van der Waals surface area contributed by atoms with Gasteiger partial charge >= 0.3 is 5.97 Å². The van der Waals surface area contributed by atoms with E-state index in [-0.39, 0.29) is 18.1 Å². The fraction of sp³-hybridized carbons (Fsp3) is 0.471. The van der Waals surface area contributed by atoms with E-state index in [2.05, 4.69) is 5.32 Å². The molecule has 0 bridgehead atoms. The number of nitrogens with one attached hydrogen (secondary N) is 1. The first-order chi connectivity index (χ1) is 10.7. The maximum atomic E-state index is 12.1. The highest BCUT2D eigenvalue weighted by atomic mass is 16.5. The molecule has 0 heterocycles. The number of carboxylic acids is 1. The Morgan fingerprint density at radius 3 is 2.39 bits per heavy atom. The lowest BCUT2D eigenvalue weighted by atomic mass is 10.0. The van der Waals surface area contributed by atoms with Crippen molar-refractivity contribution in [3.05, 3.63) is 29.3 Å². The number of carboxylic acid groups (broad SMARTS) is 1. The molecule has 1 aromatic carbocycles. The lowest BCUT2D eigenvalue weighted by Gasteiger charge is -2.17. The molecule has 0 aliphatic carbocycles. The highest BCUT2D eigenvalue weighted by molar-refractivity contribution is 5.95. The molecule has 1 atom stereocenters. The topological polar surface area (TPSA) is 92.7 Å². The number of carbonyl (C=O) groups excluding carboxylic acids is 2. The maximum Gasteiger partial charge on any atom is 0.326 e. The number of amides is 1. The van der Waals surface area contributed by atoms with Gasteiger partial charge in [0.05, 0.1) is 13.5 Å². The Bertz CT molecular complexity index is 595. The lowest BCUT2D eigenvalue weighted by Crippen LogP contribution is -2.42. The van der Waals surface area contributed by atoms with Crippen LogP contribution in [-0.2, 0) is 16.0 Å². The van der Waals surface area contributed by atoms with Crippen molar-refractivity contribution in [1.82, 2.24) is 5.32 Å². The van der Waals surface area contributed by atoms with Crippen LogP contribution >= 0.6 is 0 Å². The van der Waals surface area contributed by atoms with Crippen LogP contribution in [0.4, 0.5) is 0 Å². The summed E-state index contributed by atoms with van der Waals surface area (Å²) in [6, 6.07) is 3.92. The van der Waals surface area contributed by atoms with E-state index in [4.69, 9.17) is 4.74 Å². The summed E-state index contributed by atoms with van der Waals surface area (Å²) >= 11 is 0. The minimum Gasteiger partial charge on any atom is -0.496 e. The first-order valence-corrected chi connectivity index (χ1v) is 7.44. The second-order valence-electron chi connectivity index (χ2n) is 5.85. The molecule has 6 nitrogen and oxygen atoms in total. The Hall–Kier alpha value is -2.37. The number of ether oxygens (including phenoxy) is 1. The second kappa shape index (κ2) is 8.31. The molecular weight excluding hydrogens is 298 g/mol. The number of methoxy groups -OCH3 is 1. The van der Waals surface area contributed by atoms with Crippen molar-refractivity contribution in [3.63, 3.8) is 0 Å². The summed E-state index contributed by atoms with van der Waals surface area (Å²) in [5.41, 5.74) is 1.02. The minimum atomic E-state index is -1.06. The van der Waals surface area contributed by atoms with Crippen LogP contribution < -0.4 is 10.1 Å². The van der Waals surface area contributed by atoms with Crippen LogP contribution in [0.15, 0.2) is 18.2 Å². The van der Waals surface area contributed by atoms with Crippen molar-refractivity contribution in [2.75, 3.05) is 7.11 Å². The molecule has 0 saturated carbocycles. The van der Waals surface area contributed by atoms with E-state index in [1.807, 2.05) is 13.8 Å². The van der Waals surface area contributed by atoms with E-state index in [1.165, 1.54) is 14.0 Å². The van der Waals surface area contributed by atoms with E-state index in [9.17, 15) is 19.5 Å². The zero-order valence-corrected chi connectivity index (χ0v) is 13.9. The fourth-order valence-corrected chi connectivity index (χ4v) is 2.25. The van der Waals surface area contributed by atoms with Crippen LogP contribution in [0.25, 0.3) is 0 Å². The van der Waals surface area contributed by atoms with Gasteiger partial charge in [0.25, 0.3) is 0 Å². The van der Waals surface area contributed by atoms with Crippen molar-refractivity contribution in [2.24, 2.45) is 5.92 Å². The molecule has 0 fully saturated rings. The van der Waals surface area contributed by atoms with Crippen LogP contribution in [-0.4, -0.2) is 35.9 Å². The number of rotatable bonds is 8. The number of hydrogen-bond donors (Lipinski definition) is 2. The highest BCUT2D eigenvalue weighted by Gasteiger charge is 2.22. The molecule has 1 amide bonds. The number of carbonyl (C=O) groups is 3. The summed E-state index contributed by atoms with van der Waals surface area (Å²) in [5.74, 6) is -0.959. The first kappa shape index (κ1) is 18.7. The van der Waals surface area contributed by atoms with Gasteiger partial charge in [-0.3, -0.25) is 9.59 Å². The molecule has 0 aliphatic heterocycles. The monoisotopic (exact) mass is 321 g/mol. The Balaban J connectivity index is 2.89. The lowest BCUT2D eigenvalue weighted by molar-refractivity contribution is -0.142. The fourth-order valence-electron chi connectivity index (χ4n) is 2.25. The number of hydrogen-bond acceptors (Lipinski definition) is 4. The van der Waals surface area contributed by atoms with Crippen molar-refractivity contribution >= 4 is 17.7 Å². The molecule has 6 heteroatoms. The van der Waals surface area contributed by atoms with Gasteiger partial charge in [0.2, 0.25) is 5.91 Å². The molecule has 0 aromatic heterocycles. The molecule has 126 valence electrons. The molecule has 23 heavy (non-hydrogen) atoms. The highest BCUT2D eigenvalue weighted by Crippen LogP contribution is 2.21. The van der Waals surface area contributed by atoms with Crippen molar-refractivity contribution in [1.29, 1.82) is 0 Å². The largest absolute Gasteiger partial charge is 0.496 e. The molecule has 0 spiro atoms. The third kappa shape index (κ3) is 5.73. The molecule has 0 saturated heterocycles. The van der Waals surface area contributed by atoms with E-state index >= 15 is 0 Å². The summed E-state index contributed by atoms with van der Waals surface area (Å²) in [5, 5.41) is 11.7. The van der Waals surface area contributed by atoms with Crippen LogP contribution in [0.5, 0.6) is 5.75 Å². The molecule has 1 rings (SSSR count). The molecular formula is C17H23NO5. The number of aliphatic carboxylic acids is 1. The van der Waals surface area contributed by atoms with E-state index < -0.39 is 17.9 Å². The number of ketones is 1. The summed E-state index contributed by atoms with van der Waals surface area (Å²) in [7, 11) is 1.48. The maximum absolute atomic E-state index is 12.1. The van der Waals surface area contributed by atoms with Gasteiger partial charge < -0.3 is 15.2 Å². The van der Waals surface area contributed by atoms with E-state index in [0.717, 1.165) is 0 Å². The zero-order chi connectivity index (χ0) is 17.6. The SMILES string of the molecule is COc1ccc(C(C)=O)cc1CC(=O)N[C@H](CC(C)C)C(=O)O. The molecule has 2 N–H and O–H groups in total. The van der Waals surface area contributed by atoms with E-state index in [1.54, 1.807) is 18.2 Å². The van der Waals surface area contributed by atoms with Gasteiger partial charge in [-0.1, -0.05) is 13.8 Å². The van der Waals surface area contributed by atoms with Crippen LogP contribution in [0.2, 0.25) is 0 Å². The standard InChI is InChI=1S/C17H23NO5/c1-10(2)7-14(17(21)22)18-16(20)9-13-8-12(11(3)19)5-6-15(13)23-4/h5-6,8,10,14H,7,9H2,1-4H3,(H,18,20)(H,21,22)/t14-/m1/s1. The minimum absolute atomic E-state index is 0.0494. The van der Waals surface area contributed by atoms with Crippen LogP contribution in [0.1, 0.15) is 43.1 Å². The van der Waals surface area contributed by atoms with Gasteiger partial charge in [-0.15, -0.1) is 0 Å². The van der Waals surface area contributed by atoms with Crippen molar-refractivity contribution in [3.8, 4) is 5.75 Å². The Morgan fingerprint density at radius 2 is 1.91 bits per heavy atom. The van der Waals surface area contributed by atoms with Crippen LogP contribution in [0.3, 0.4) is 0 Å². The van der Waals surface area contributed by atoms with Gasteiger partial charge in [-0.25, -0.2) is 4.79 Å². The zero-order valence-electron chi connectivity index (χ0n) is 13.9. The molecule has 0 radical (unpaired) electrons. The van der Waals surface area contributed by atoms with Gasteiger partial charge in [0.1, 0.15) is 11.8 Å². The predicted molar refractivity (Wildman–Crippen MR) is 85.7 cm³/mol. The smallest absolute Gasteiger partial charge is 0.326 e. The summed E-state index contributed by atoms with van der Waals surface area (Å²) in [6.07, 6.45) is 0.303. The summed E-state index contributed by atoms with van der Waals surface area (Å²) in [4.78, 5) is 34.8. The molecule has 0 unspecified atom stereocenters. The first-order valence-electron chi connectivity index (χ1n) is 7.44. The second-order valence-corrected chi connectivity index (χ2v) is 5.85. The Labute approximate surface area is 135 Å². The third-order valence-corrected chi connectivity index (χ3v) is 3.38. The summed E-state index contributed by atoms with van der Waals surface area (Å²) in [6.45, 7) is 5.22. The average Bonchev–Trinajstić information content (AvgIpc) is 2.45. The van der Waals surface area contributed by atoms with E-state index in [0.29, 0.717) is 23.3 Å². The Morgan fingerprint density at radius 1 is 1.26 bits per heavy atom. The Kier molecular flexibility index (Phi) is 6.75. The third-order valence-electron chi connectivity index (χ3n) is 3.38. The normalized spacial score (nSPS) is 11.9. The molecule has 0 aliphatic rings. The van der Waals surface area contributed by atoms with Crippen molar-refractivity contribution in [2.45, 2.75) is 39.7 Å². The van der Waals surface area contributed by atoms with Gasteiger partial charge in [-0.2, -0.15) is 0 Å². The average molecular weight is 321 g/mol. The number of benzene rings is 1. The predicted octanol–water partition coefficient (Wildman–Crippen LogP) is 2.06. The van der Waals surface area contributed by atoms with Crippen molar-refractivity contribution < 1.29 is 24.2 Å². The van der Waals surface area contributed by atoms with Gasteiger partial charge in [0.15, 0.2) is 5.78 Å². The summed E-state index contributed by atoms with van der Waals surface area (Å²) < 4.78 is 5.19. The van der Waals surface area contributed by atoms with Gasteiger partial charge in [0, 0.05) is 11.1 Å². The quantitative estimate of drug-likeness (QED) is 0.715. The molecule has 1 aromatic rings. The van der Waals surface area contributed by atoms with Gasteiger partial charge in [-0.05, 0) is 37.5 Å².